The Morgan fingerprint density at radius 2 is 1.83 bits per heavy atom. The molecule has 0 aromatic carbocycles. The van der Waals surface area contributed by atoms with Crippen LogP contribution in [0.3, 0.4) is 0 Å². The van der Waals surface area contributed by atoms with Crippen LogP contribution in [0.25, 0.3) is 11.1 Å². The van der Waals surface area contributed by atoms with Gasteiger partial charge in [0.2, 0.25) is 11.9 Å². The zero-order valence-corrected chi connectivity index (χ0v) is 26.0. The smallest absolute Gasteiger partial charge is 0.271 e. The van der Waals surface area contributed by atoms with Crippen molar-refractivity contribution in [3.8, 4) is 11.1 Å². The minimum atomic E-state index is -0.778. The first-order chi connectivity index (χ1) is 19.9. The predicted molar refractivity (Wildman–Crippen MR) is 161 cm³/mol. The molecule has 0 bridgehead atoms. The lowest BCUT2D eigenvalue weighted by Crippen LogP contribution is -2.50. The van der Waals surface area contributed by atoms with Crippen LogP contribution >= 0.6 is 10.0 Å². The fourth-order valence-corrected chi connectivity index (χ4v) is 6.12. The molecule has 0 radical (unpaired) electrons. The van der Waals surface area contributed by atoms with E-state index in [2.05, 4.69) is 49.8 Å². The summed E-state index contributed by atoms with van der Waals surface area (Å²) < 4.78 is 24.4. The van der Waals surface area contributed by atoms with Crippen LogP contribution in [-0.2, 0) is 23.3 Å². The number of halogens is 1. The number of nitrogens with one attached hydrogen (secondary N) is 2. The molecule has 228 valence electrons. The number of amides is 2. The van der Waals surface area contributed by atoms with Gasteiger partial charge in [0.05, 0.1) is 18.5 Å². The number of nitrogens with zero attached hydrogens (tertiary/aromatic N) is 6. The largest absolute Gasteiger partial charge is 0.358 e. The van der Waals surface area contributed by atoms with Gasteiger partial charge in [0.15, 0.2) is 0 Å². The third kappa shape index (κ3) is 7.00. The molecule has 2 amide bonds. The van der Waals surface area contributed by atoms with Gasteiger partial charge >= 0.3 is 0 Å². The van der Waals surface area contributed by atoms with Gasteiger partial charge in [0, 0.05) is 29.6 Å². The number of pyridine rings is 1. The molecule has 2 aliphatic rings. The number of hydrogen-bond donors (Lipinski definition) is 2. The summed E-state index contributed by atoms with van der Waals surface area (Å²) in [6.45, 7) is 4.63. The molecule has 11 nitrogen and oxygen atoms in total. The Bertz CT molecular complexity index is 1450. The average molecular weight is 601 g/mol. The Morgan fingerprint density at radius 1 is 1.14 bits per heavy atom. The van der Waals surface area contributed by atoms with Crippen molar-refractivity contribution in [2.24, 2.45) is 24.8 Å². The molecule has 2 aliphatic carbocycles. The number of anilines is 1. The molecule has 0 aliphatic heterocycles. The van der Waals surface area contributed by atoms with Gasteiger partial charge in [-0.05, 0) is 88.2 Å². The van der Waals surface area contributed by atoms with Crippen LogP contribution in [0.5, 0.6) is 0 Å². The molecule has 5 rings (SSSR count). The van der Waals surface area contributed by atoms with E-state index in [1.807, 2.05) is 13.8 Å². The van der Waals surface area contributed by atoms with Crippen molar-refractivity contribution < 1.29 is 18.7 Å². The third-order valence-corrected chi connectivity index (χ3v) is 9.43. The Kier molecular flexibility index (Phi) is 8.70. The number of aromatic nitrogens is 6. The highest BCUT2D eigenvalue weighted by Gasteiger charge is 2.48. The number of aryl methyl sites for hydroxylation is 2. The summed E-state index contributed by atoms with van der Waals surface area (Å²) in [4.78, 5) is 30.8. The Hall–Kier alpha value is -3.32. The molecule has 3 heterocycles. The standard InChI is InChI=1S/C29H41FN8O3S/c1-17-24(18(2)38(35-17)16-41-13-14-42(4,5)6)21-11-12-23(32-27(21)30)33-29(40)26(25(19-7-8-19)20-9-10-20)34-28(39)22-15-31-36-37(22)3/h11-12,15,19-20,25-26H,7-10,13-14,16H2,1-6H3,(H,34,39)(H,32,33,40). The van der Waals surface area contributed by atoms with E-state index >= 15 is 4.39 Å². The van der Waals surface area contributed by atoms with E-state index in [0.29, 0.717) is 35.3 Å². The van der Waals surface area contributed by atoms with Crippen molar-refractivity contribution >= 4 is 27.7 Å². The zero-order chi connectivity index (χ0) is 30.2. The maximum atomic E-state index is 15.5. The summed E-state index contributed by atoms with van der Waals surface area (Å²) >= 11 is 0. The van der Waals surface area contributed by atoms with Gasteiger partial charge in [-0.1, -0.05) is 5.21 Å². The lowest BCUT2D eigenvalue weighted by molar-refractivity contribution is -0.119. The first kappa shape index (κ1) is 30.1. The van der Waals surface area contributed by atoms with Gasteiger partial charge in [0.25, 0.3) is 5.91 Å². The SMILES string of the molecule is Cc1nn(COCCS(C)(C)C)c(C)c1-c1ccc(NC(=O)C(NC(=O)c2cnnn2C)C(C2CC2)C2CC2)nc1F. The minimum absolute atomic E-state index is 0.0161. The van der Waals surface area contributed by atoms with Crippen LogP contribution in [0, 0.1) is 37.5 Å². The Morgan fingerprint density at radius 3 is 2.40 bits per heavy atom. The van der Waals surface area contributed by atoms with Crippen molar-refractivity contribution in [1.82, 2.24) is 35.1 Å². The quantitative estimate of drug-likeness (QED) is 0.226. The lowest BCUT2D eigenvalue weighted by atomic mass is 9.88. The lowest BCUT2D eigenvalue weighted by Gasteiger charge is -2.27. The molecule has 13 heteroatoms. The van der Waals surface area contributed by atoms with E-state index < -0.39 is 33.8 Å². The highest BCUT2D eigenvalue weighted by molar-refractivity contribution is 8.32. The molecule has 2 N–H and O–H groups in total. The van der Waals surface area contributed by atoms with Gasteiger partial charge in [-0.2, -0.15) is 9.49 Å². The molecular formula is C29H41FN8O3S. The van der Waals surface area contributed by atoms with E-state index in [0.717, 1.165) is 37.1 Å². The van der Waals surface area contributed by atoms with E-state index in [-0.39, 0.29) is 24.2 Å². The Labute approximate surface area is 247 Å². The normalized spacial score (nSPS) is 16.5. The van der Waals surface area contributed by atoms with Gasteiger partial charge < -0.3 is 15.4 Å². The minimum Gasteiger partial charge on any atom is -0.358 e. The number of carbonyl (C=O) groups is 2. The fraction of sp³-hybridized carbons (Fsp3) is 0.586. The predicted octanol–water partition coefficient (Wildman–Crippen LogP) is 3.67. The van der Waals surface area contributed by atoms with Crippen molar-refractivity contribution in [2.45, 2.75) is 52.3 Å². The van der Waals surface area contributed by atoms with E-state index in [1.54, 1.807) is 23.9 Å². The van der Waals surface area contributed by atoms with E-state index in [4.69, 9.17) is 4.74 Å². The van der Waals surface area contributed by atoms with Crippen LogP contribution in [0.2, 0.25) is 0 Å². The van der Waals surface area contributed by atoms with Crippen LogP contribution in [0.1, 0.15) is 47.6 Å². The molecule has 42 heavy (non-hydrogen) atoms. The summed E-state index contributed by atoms with van der Waals surface area (Å²) in [6.07, 6.45) is 12.2. The van der Waals surface area contributed by atoms with Crippen LogP contribution in [0.15, 0.2) is 18.3 Å². The Balaban J connectivity index is 1.31. The number of hydrogen-bond acceptors (Lipinski definition) is 7. The first-order valence-electron chi connectivity index (χ1n) is 14.3. The van der Waals surface area contributed by atoms with Gasteiger partial charge in [-0.3, -0.25) is 9.59 Å². The second-order valence-electron chi connectivity index (χ2n) is 12.3. The maximum absolute atomic E-state index is 15.5. The monoisotopic (exact) mass is 600 g/mol. The second-order valence-corrected chi connectivity index (χ2v) is 16.9. The van der Waals surface area contributed by atoms with Crippen LogP contribution < -0.4 is 10.6 Å². The van der Waals surface area contributed by atoms with Crippen molar-refractivity contribution in [1.29, 1.82) is 0 Å². The highest BCUT2D eigenvalue weighted by Crippen LogP contribution is 2.51. The van der Waals surface area contributed by atoms with Crippen LogP contribution in [-0.4, -0.2) is 78.7 Å². The fourth-order valence-electron chi connectivity index (χ4n) is 5.51. The summed E-state index contributed by atoms with van der Waals surface area (Å²) in [5.74, 6) is 0.326. The number of ether oxygens (including phenoxy) is 1. The summed E-state index contributed by atoms with van der Waals surface area (Å²) in [5, 5.41) is 17.9. The van der Waals surface area contributed by atoms with Crippen molar-refractivity contribution in [3.05, 3.63) is 41.4 Å². The van der Waals surface area contributed by atoms with E-state index in [9.17, 15) is 9.59 Å². The molecule has 0 spiro atoms. The van der Waals surface area contributed by atoms with Crippen molar-refractivity contribution in [2.75, 3.05) is 36.4 Å². The third-order valence-electron chi connectivity index (χ3n) is 8.04. The average Bonchev–Trinajstić information content (AvgIpc) is 3.85. The van der Waals surface area contributed by atoms with Gasteiger partial charge in [-0.25, -0.2) is 24.4 Å². The molecule has 2 fully saturated rings. The van der Waals surface area contributed by atoms with Gasteiger partial charge in [-0.15, -0.1) is 5.10 Å². The molecule has 3 aromatic heterocycles. The number of rotatable bonds is 13. The number of carbonyl (C=O) groups excluding carboxylic acids is 2. The first-order valence-corrected chi connectivity index (χ1v) is 17.4. The molecule has 2 saturated carbocycles. The second kappa shape index (κ2) is 12.1. The molecule has 1 unspecified atom stereocenters. The van der Waals surface area contributed by atoms with Gasteiger partial charge in [0.1, 0.15) is 24.3 Å². The summed E-state index contributed by atoms with van der Waals surface area (Å²) in [7, 11) is 0.970. The summed E-state index contributed by atoms with van der Waals surface area (Å²) in [5.41, 5.74) is 2.66. The molecule has 3 aromatic rings. The molecular weight excluding hydrogens is 559 g/mol. The zero-order valence-electron chi connectivity index (χ0n) is 25.2. The summed E-state index contributed by atoms with van der Waals surface area (Å²) in [6, 6.07) is 2.42. The van der Waals surface area contributed by atoms with Crippen molar-refractivity contribution in [3.63, 3.8) is 0 Å². The van der Waals surface area contributed by atoms with Crippen LogP contribution in [0.4, 0.5) is 10.2 Å². The maximum Gasteiger partial charge on any atom is 0.271 e. The molecule has 1 atom stereocenters. The topological polar surface area (TPSA) is 129 Å². The van der Waals surface area contributed by atoms with E-state index in [1.165, 1.54) is 10.9 Å². The highest BCUT2D eigenvalue weighted by atomic mass is 32.3. The molecule has 0 saturated heterocycles.